The maximum absolute atomic E-state index is 13.3. The summed E-state index contributed by atoms with van der Waals surface area (Å²) in [5.41, 5.74) is 2.26. The normalized spacial score (nSPS) is 14.8. The summed E-state index contributed by atoms with van der Waals surface area (Å²) in [7, 11) is 0. The largest absolute Gasteiger partial charge is 0.342 e. The standard InChI is InChI=1S/C24H23FN2O2/c1-17-5-2-6-18(15-17)16-27-14-3-7-21(23(27)29)22(28)26-24(12-4-13-24)19-8-10-20(25)11-9-19/h2-3,5-11,14-15H,4,12-13,16H2,1H3,(H,26,28). The van der Waals surface area contributed by atoms with Crippen LogP contribution in [-0.2, 0) is 12.1 Å². The zero-order chi connectivity index (χ0) is 20.4. The van der Waals surface area contributed by atoms with Gasteiger partial charge in [-0.05, 0) is 61.6 Å². The fourth-order valence-electron chi connectivity index (χ4n) is 3.91. The second kappa shape index (κ2) is 7.66. The molecule has 1 aromatic heterocycles. The Morgan fingerprint density at radius 1 is 1.10 bits per heavy atom. The molecule has 1 aliphatic rings. The predicted octanol–water partition coefficient (Wildman–Crippen LogP) is 4.15. The average Bonchev–Trinajstić information content (AvgIpc) is 2.67. The number of aryl methyl sites for hydroxylation is 1. The van der Waals surface area contributed by atoms with Gasteiger partial charge in [-0.3, -0.25) is 9.59 Å². The van der Waals surface area contributed by atoms with Crippen LogP contribution in [0.2, 0.25) is 0 Å². The summed E-state index contributed by atoms with van der Waals surface area (Å²) in [6.07, 6.45) is 4.22. The van der Waals surface area contributed by atoms with Gasteiger partial charge in [0.15, 0.2) is 0 Å². The Labute approximate surface area is 169 Å². The lowest BCUT2D eigenvalue weighted by Crippen LogP contribution is -2.51. The minimum absolute atomic E-state index is 0.119. The predicted molar refractivity (Wildman–Crippen MR) is 110 cm³/mol. The molecule has 0 unspecified atom stereocenters. The van der Waals surface area contributed by atoms with Gasteiger partial charge in [0, 0.05) is 6.20 Å². The number of carbonyl (C=O) groups is 1. The van der Waals surface area contributed by atoms with Crippen molar-refractivity contribution in [1.82, 2.24) is 9.88 Å². The van der Waals surface area contributed by atoms with Gasteiger partial charge in [0.05, 0.1) is 12.1 Å². The van der Waals surface area contributed by atoms with E-state index in [0.717, 1.165) is 36.0 Å². The van der Waals surface area contributed by atoms with Crippen molar-refractivity contribution in [1.29, 1.82) is 0 Å². The molecule has 0 aliphatic heterocycles. The third kappa shape index (κ3) is 3.86. The van der Waals surface area contributed by atoms with Crippen molar-refractivity contribution in [2.24, 2.45) is 0 Å². The highest BCUT2D eigenvalue weighted by molar-refractivity contribution is 5.94. The van der Waals surface area contributed by atoms with Crippen LogP contribution in [0, 0.1) is 12.7 Å². The molecular formula is C24H23FN2O2. The highest BCUT2D eigenvalue weighted by atomic mass is 19.1. The number of aromatic nitrogens is 1. The molecule has 29 heavy (non-hydrogen) atoms. The Kier molecular flexibility index (Phi) is 5.05. The van der Waals surface area contributed by atoms with Crippen molar-refractivity contribution in [3.63, 3.8) is 0 Å². The van der Waals surface area contributed by atoms with E-state index in [1.54, 1.807) is 35.0 Å². The zero-order valence-electron chi connectivity index (χ0n) is 16.3. The van der Waals surface area contributed by atoms with Crippen LogP contribution in [0.5, 0.6) is 0 Å². The lowest BCUT2D eigenvalue weighted by molar-refractivity contribution is 0.0821. The van der Waals surface area contributed by atoms with Gasteiger partial charge in [-0.2, -0.15) is 0 Å². The van der Waals surface area contributed by atoms with E-state index in [2.05, 4.69) is 5.32 Å². The van der Waals surface area contributed by atoms with Gasteiger partial charge in [-0.15, -0.1) is 0 Å². The van der Waals surface area contributed by atoms with E-state index in [4.69, 9.17) is 0 Å². The number of amides is 1. The fourth-order valence-corrected chi connectivity index (χ4v) is 3.91. The molecule has 1 aliphatic carbocycles. The quantitative estimate of drug-likeness (QED) is 0.711. The third-order valence-electron chi connectivity index (χ3n) is 5.66. The molecule has 1 amide bonds. The van der Waals surface area contributed by atoms with Gasteiger partial charge in [0.25, 0.3) is 11.5 Å². The Bertz CT molecular complexity index is 1100. The van der Waals surface area contributed by atoms with Crippen LogP contribution in [0.4, 0.5) is 4.39 Å². The maximum Gasteiger partial charge on any atom is 0.263 e. The fraction of sp³-hybridized carbons (Fsp3) is 0.250. The first-order valence-electron chi connectivity index (χ1n) is 9.80. The van der Waals surface area contributed by atoms with E-state index in [1.165, 1.54) is 12.1 Å². The Morgan fingerprint density at radius 3 is 2.52 bits per heavy atom. The first kappa shape index (κ1) is 19.1. The van der Waals surface area contributed by atoms with Crippen molar-refractivity contribution in [2.75, 3.05) is 0 Å². The van der Waals surface area contributed by atoms with Gasteiger partial charge in [0.1, 0.15) is 11.4 Å². The van der Waals surface area contributed by atoms with E-state index in [0.29, 0.717) is 6.54 Å². The topological polar surface area (TPSA) is 51.1 Å². The number of rotatable bonds is 5. The molecule has 0 atom stereocenters. The summed E-state index contributed by atoms with van der Waals surface area (Å²) in [5, 5.41) is 3.05. The van der Waals surface area contributed by atoms with Crippen LogP contribution in [0.15, 0.2) is 71.7 Å². The highest BCUT2D eigenvalue weighted by Gasteiger charge is 2.40. The number of carbonyl (C=O) groups excluding carboxylic acids is 1. The number of pyridine rings is 1. The van der Waals surface area contributed by atoms with Crippen molar-refractivity contribution < 1.29 is 9.18 Å². The summed E-state index contributed by atoms with van der Waals surface area (Å²) in [4.78, 5) is 25.9. The van der Waals surface area contributed by atoms with Crippen LogP contribution in [0.3, 0.4) is 0 Å². The maximum atomic E-state index is 13.3. The molecule has 0 radical (unpaired) electrons. The van der Waals surface area contributed by atoms with Crippen LogP contribution in [-0.4, -0.2) is 10.5 Å². The molecule has 0 saturated heterocycles. The molecule has 0 bridgehead atoms. The first-order valence-corrected chi connectivity index (χ1v) is 9.80. The SMILES string of the molecule is Cc1cccc(Cn2cccc(C(=O)NC3(c4ccc(F)cc4)CCC3)c2=O)c1. The average molecular weight is 390 g/mol. The van der Waals surface area contributed by atoms with Gasteiger partial charge >= 0.3 is 0 Å². The van der Waals surface area contributed by atoms with Gasteiger partial charge in [-0.25, -0.2) is 4.39 Å². The van der Waals surface area contributed by atoms with E-state index in [-0.39, 0.29) is 16.9 Å². The van der Waals surface area contributed by atoms with Crippen LogP contribution >= 0.6 is 0 Å². The van der Waals surface area contributed by atoms with Crippen molar-refractivity contribution >= 4 is 5.91 Å². The third-order valence-corrected chi connectivity index (χ3v) is 5.66. The number of hydrogen-bond acceptors (Lipinski definition) is 2. The van der Waals surface area contributed by atoms with E-state index in [9.17, 15) is 14.0 Å². The summed E-state index contributed by atoms with van der Waals surface area (Å²) < 4.78 is 14.8. The van der Waals surface area contributed by atoms with Crippen LogP contribution < -0.4 is 10.9 Å². The summed E-state index contributed by atoms with van der Waals surface area (Å²) in [5.74, 6) is -0.700. The van der Waals surface area contributed by atoms with Gasteiger partial charge < -0.3 is 9.88 Å². The lowest BCUT2D eigenvalue weighted by atomic mass is 9.71. The van der Waals surface area contributed by atoms with Gasteiger partial charge in [-0.1, -0.05) is 42.0 Å². The Morgan fingerprint density at radius 2 is 1.86 bits per heavy atom. The molecule has 1 fully saturated rings. The number of benzene rings is 2. The molecule has 1 saturated carbocycles. The molecule has 0 spiro atoms. The van der Waals surface area contributed by atoms with Crippen molar-refractivity contribution in [3.8, 4) is 0 Å². The molecule has 4 rings (SSSR count). The second-order valence-electron chi connectivity index (χ2n) is 7.74. The highest BCUT2D eigenvalue weighted by Crippen LogP contribution is 2.41. The number of nitrogens with zero attached hydrogens (tertiary/aromatic N) is 1. The number of halogens is 1. The molecule has 5 heteroatoms. The molecule has 1 N–H and O–H groups in total. The summed E-state index contributed by atoms with van der Waals surface area (Å²) in [6, 6.07) is 17.4. The molecule has 148 valence electrons. The molecule has 4 nitrogen and oxygen atoms in total. The van der Waals surface area contributed by atoms with E-state index < -0.39 is 11.4 Å². The second-order valence-corrected chi connectivity index (χ2v) is 7.74. The molecule has 2 aromatic carbocycles. The summed E-state index contributed by atoms with van der Waals surface area (Å²) in [6.45, 7) is 2.41. The minimum Gasteiger partial charge on any atom is -0.342 e. The Hall–Kier alpha value is -3.21. The monoisotopic (exact) mass is 390 g/mol. The summed E-state index contributed by atoms with van der Waals surface area (Å²) >= 11 is 0. The zero-order valence-corrected chi connectivity index (χ0v) is 16.3. The smallest absolute Gasteiger partial charge is 0.263 e. The number of hydrogen-bond donors (Lipinski definition) is 1. The van der Waals surface area contributed by atoms with Crippen LogP contribution in [0.25, 0.3) is 0 Å². The van der Waals surface area contributed by atoms with Crippen LogP contribution in [0.1, 0.15) is 46.3 Å². The number of nitrogens with one attached hydrogen (secondary N) is 1. The van der Waals surface area contributed by atoms with E-state index in [1.807, 2.05) is 31.2 Å². The van der Waals surface area contributed by atoms with Gasteiger partial charge in [0.2, 0.25) is 0 Å². The minimum atomic E-state index is -0.533. The van der Waals surface area contributed by atoms with Crippen molar-refractivity contribution in [2.45, 2.75) is 38.3 Å². The molecule has 3 aromatic rings. The van der Waals surface area contributed by atoms with Crippen molar-refractivity contribution in [3.05, 3.63) is 105 Å². The van der Waals surface area contributed by atoms with E-state index >= 15 is 0 Å². The first-order chi connectivity index (χ1) is 14.0. The Balaban J connectivity index is 1.59. The molecule has 1 heterocycles. The molecular weight excluding hydrogens is 367 g/mol. The lowest BCUT2D eigenvalue weighted by Gasteiger charge is -2.43.